The van der Waals surface area contributed by atoms with Crippen LogP contribution in [0, 0.1) is 0 Å². The summed E-state index contributed by atoms with van der Waals surface area (Å²) in [6.07, 6.45) is 0. The van der Waals surface area contributed by atoms with E-state index >= 15 is 0 Å². The molecule has 11 aromatic carbocycles. The standard InChI is InChI=1S/C67H46N2/c1-3-18-47(19-4-1)50-20-15-21-51(44-50)48-36-40-55(41-37-48)68(56-42-38-49(39-43-56)52-22-16-26-57(45-52)69-65-34-13-9-30-61(65)62-31-10-14-35-66(62)69)58-27-17-25-54(46-58)67(53-23-5-2-6-24-53)63-32-11-7-28-59(63)60-29-8-12-33-64(60)67/h1-46H. The molecular formula is C67H46N2. The van der Waals surface area contributed by atoms with E-state index in [0.717, 1.165) is 28.3 Å². The fourth-order valence-corrected chi connectivity index (χ4v) is 11.2. The fourth-order valence-electron chi connectivity index (χ4n) is 11.2. The first-order valence-corrected chi connectivity index (χ1v) is 23.8. The summed E-state index contributed by atoms with van der Waals surface area (Å²) in [5.74, 6) is 0. The molecule has 0 fully saturated rings. The zero-order valence-corrected chi connectivity index (χ0v) is 38.0. The first-order chi connectivity index (χ1) is 34.2. The van der Waals surface area contributed by atoms with E-state index < -0.39 is 5.41 Å². The number of para-hydroxylation sites is 2. The number of hydrogen-bond acceptors (Lipinski definition) is 1. The molecule has 12 aromatic rings. The van der Waals surface area contributed by atoms with Crippen molar-refractivity contribution in [3.8, 4) is 50.2 Å². The van der Waals surface area contributed by atoms with Crippen LogP contribution in [-0.4, -0.2) is 4.57 Å². The lowest BCUT2D eigenvalue weighted by Gasteiger charge is -2.35. The fraction of sp³-hybridized carbons (Fsp3) is 0.0149. The van der Waals surface area contributed by atoms with Crippen molar-refractivity contribution in [3.05, 3.63) is 301 Å². The van der Waals surface area contributed by atoms with Gasteiger partial charge in [-0.15, -0.1) is 0 Å². The Morgan fingerprint density at radius 2 is 0.710 bits per heavy atom. The highest BCUT2D eigenvalue weighted by atomic mass is 15.1. The van der Waals surface area contributed by atoms with E-state index in [4.69, 9.17) is 0 Å². The summed E-state index contributed by atoms with van der Waals surface area (Å²) in [5.41, 5.74) is 21.0. The average Bonchev–Trinajstić information content (AvgIpc) is 3.93. The lowest BCUT2D eigenvalue weighted by atomic mass is 9.67. The molecule has 0 N–H and O–H groups in total. The second-order valence-electron chi connectivity index (χ2n) is 18.1. The summed E-state index contributed by atoms with van der Waals surface area (Å²) in [5, 5.41) is 2.52. The van der Waals surface area contributed by atoms with Crippen LogP contribution in [0.4, 0.5) is 17.1 Å². The van der Waals surface area contributed by atoms with Gasteiger partial charge in [0.15, 0.2) is 0 Å². The second kappa shape index (κ2) is 16.7. The Morgan fingerprint density at radius 3 is 1.30 bits per heavy atom. The van der Waals surface area contributed by atoms with Crippen molar-refractivity contribution in [1.29, 1.82) is 0 Å². The van der Waals surface area contributed by atoms with Crippen LogP contribution in [0.3, 0.4) is 0 Å². The molecule has 0 saturated carbocycles. The summed E-state index contributed by atoms with van der Waals surface area (Å²) in [6, 6.07) is 102. The van der Waals surface area contributed by atoms with Crippen LogP contribution in [0.25, 0.3) is 72.0 Å². The van der Waals surface area contributed by atoms with E-state index in [-0.39, 0.29) is 0 Å². The molecule has 1 heterocycles. The predicted octanol–water partition coefficient (Wildman–Crippen LogP) is 17.6. The maximum atomic E-state index is 2.42. The molecule has 0 atom stereocenters. The first-order valence-electron chi connectivity index (χ1n) is 23.8. The van der Waals surface area contributed by atoms with Crippen molar-refractivity contribution in [2.45, 2.75) is 5.41 Å². The Labute approximate surface area is 403 Å². The van der Waals surface area contributed by atoms with Crippen LogP contribution in [0.2, 0.25) is 0 Å². The van der Waals surface area contributed by atoms with Gasteiger partial charge in [-0.05, 0) is 133 Å². The van der Waals surface area contributed by atoms with Gasteiger partial charge in [0.1, 0.15) is 0 Å². The molecule has 0 bridgehead atoms. The molecule has 0 unspecified atom stereocenters. The number of anilines is 3. The Balaban J connectivity index is 0.941. The molecule has 0 saturated heterocycles. The van der Waals surface area contributed by atoms with Crippen molar-refractivity contribution < 1.29 is 0 Å². The van der Waals surface area contributed by atoms with Crippen molar-refractivity contribution in [1.82, 2.24) is 4.57 Å². The van der Waals surface area contributed by atoms with Gasteiger partial charge in [0.05, 0.1) is 16.4 Å². The molecular weight excluding hydrogens is 833 g/mol. The minimum Gasteiger partial charge on any atom is -0.310 e. The molecule has 0 radical (unpaired) electrons. The third-order valence-electron chi connectivity index (χ3n) is 14.3. The summed E-state index contributed by atoms with van der Waals surface area (Å²) >= 11 is 0. The molecule has 1 aromatic heterocycles. The number of nitrogens with zero attached hydrogens (tertiary/aromatic N) is 2. The molecule has 1 aliphatic carbocycles. The minimum absolute atomic E-state index is 0.519. The predicted molar refractivity (Wildman–Crippen MR) is 289 cm³/mol. The molecule has 0 aliphatic heterocycles. The monoisotopic (exact) mass is 878 g/mol. The van der Waals surface area contributed by atoms with Gasteiger partial charge in [0, 0.05) is 33.5 Å². The zero-order chi connectivity index (χ0) is 45.7. The van der Waals surface area contributed by atoms with Crippen molar-refractivity contribution in [3.63, 3.8) is 0 Å². The third-order valence-corrected chi connectivity index (χ3v) is 14.3. The van der Waals surface area contributed by atoms with Crippen LogP contribution in [0.15, 0.2) is 279 Å². The van der Waals surface area contributed by atoms with Crippen LogP contribution in [0.1, 0.15) is 22.3 Å². The molecule has 13 rings (SSSR count). The van der Waals surface area contributed by atoms with E-state index in [2.05, 4.69) is 289 Å². The Hall–Kier alpha value is -8.98. The first kappa shape index (κ1) is 40.3. The summed E-state index contributed by atoms with van der Waals surface area (Å²) in [4.78, 5) is 2.41. The SMILES string of the molecule is c1ccc(-c2cccc(-c3ccc(N(c4ccc(-c5cccc(-n6c7ccccc7c7ccccc76)c5)cc4)c4cccc(C5(c6ccccc6)c6ccccc6-c6ccccc65)c4)cc3)c2)cc1. The number of rotatable bonds is 9. The van der Waals surface area contributed by atoms with Gasteiger partial charge < -0.3 is 9.47 Å². The van der Waals surface area contributed by atoms with Gasteiger partial charge >= 0.3 is 0 Å². The molecule has 2 heteroatoms. The van der Waals surface area contributed by atoms with Crippen LogP contribution >= 0.6 is 0 Å². The Bertz CT molecular complexity index is 3730. The van der Waals surface area contributed by atoms with Gasteiger partial charge in [-0.25, -0.2) is 0 Å². The number of fused-ring (bicyclic) bond motifs is 6. The quantitative estimate of drug-likeness (QED) is 0.140. The van der Waals surface area contributed by atoms with Crippen LogP contribution < -0.4 is 4.90 Å². The van der Waals surface area contributed by atoms with Gasteiger partial charge in [0.2, 0.25) is 0 Å². The lowest BCUT2D eigenvalue weighted by Crippen LogP contribution is -2.28. The maximum Gasteiger partial charge on any atom is 0.0714 e. The third kappa shape index (κ3) is 6.72. The zero-order valence-electron chi connectivity index (χ0n) is 38.0. The Morgan fingerprint density at radius 1 is 0.275 bits per heavy atom. The normalized spacial score (nSPS) is 12.5. The molecule has 2 nitrogen and oxygen atoms in total. The largest absolute Gasteiger partial charge is 0.310 e. The van der Waals surface area contributed by atoms with Crippen molar-refractivity contribution in [2.24, 2.45) is 0 Å². The summed E-state index contributed by atoms with van der Waals surface area (Å²) < 4.78 is 2.39. The Kier molecular flexibility index (Phi) is 9.77. The summed E-state index contributed by atoms with van der Waals surface area (Å²) in [7, 11) is 0. The van der Waals surface area contributed by atoms with Gasteiger partial charge in [0.25, 0.3) is 0 Å². The van der Waals surface area contributed by atoms with Crippen LogP contribution in [-0.2, 0) is 5.41 Å². The van der Waals surface area contributed by atoms with E-state index in [9.17, 15) is 0 Å². The number of aromatic nitrogens is 1. The highest BCUT2D eigenvalue weighted by Gasteiger charge is 2.46. The van der Waals surface area contributed by atoms with E-state index in [1.165, 1.54) is 83.0 Å². The van der Waals surface area contributed by atoms with Crippen LogP contribution in [0.5, 0.6) is 0 Å². The van der Waals surface area contributed by atoms with Gasteiger partial charge in [-0.3, -0.25) is 0 Å². The van der Waals surface area contributed by atoms with Gasteiger partial charge in [-0.1, -0.05) is 212 Å². The maximum absolute atomic E-state index is 2.42. The number of benzene rings is 11. The topological polar surface area (TPSA) is 8.17 Å². The van der Waals surface area contributed by atoms with Gasteiger partial charge in [-0.2, -0.15) is 0 Å². The van der Waals surface area contributed by atoms with E-state index in [1.54, 1.807) is 0 Å². The number of hydrogen-bond donors (Lipinski definition) is 0. The second-order valence-corrected chi connectivity index (χ2v) is 18.1. The highest BCUT2D eigenvalue weighted by molar-refractivity contribution is 6.09. The van der Waals surface area contributed by atoms with Crippen molar-refractivity contribution >= 4 is 38.9 Å². The minimum atomic E-state index is -0.519. The average molecular weight is 879 g/mol. The molecule has 1 aliphatic rings. The molecule has 0 spiro atoms. The highest BCUT2D eigenvalue weighted by Crippen LogP contribution is 2.56. The summed E-state index contributed by atoms with van der Waals surface area (Å²) in [6.45, 7) is 0. The molecule has 0 amide bonds. The lowest BCUT2D eigenvalue weighted by molar-refractivity contribution is 0.768. The van der Waals surface area contributed by atoms with E-state index in [0.29, 0.717) is 0 Å². The molecule has 69 heavy (non-hydrogen) atoms. The smallest absolute Gasteiger partial charge is 0.0714 e. The van der Waals surface area contributed by atoms with E-state index in [1.807, 2.05) is 0 Å². The van der Waals surface area contributed by atoms with Crippen molar-refractivity contribution in [2.75, 3.05) is 4.90 Å². The molecule has 324 valence electrons.